The van der Waals surface area contributed by atoms with Crippen LogP contribution in [0.1, 0.15) is 31.0 Å². The Bertz CT molecular complexity index is 848. The van der Waals surface area contributed by atoms with E-state index in [4.69, 9.17) is 9.47 Å². The number of guanidine groups is 1. The van der Waals surface area contributed by atoms with E-state index < -0.39 is 0 Å². The van der Waals surface area contributed by atoms with Crippen molar-refractivity contribution in [3.05, 3.63) is 48.5 Å². The number of ether oxygens (including phenoxy) is 2. The predicted octanol–water partition coefficient (Wildman–Crippen LogP) is 2.42. The number of methoxy groups -OCH3 is 1. The topological polar surface area (TPSA) is 67.2 Å². The summed E-state index contributed by atoms with van der Waals surface area (Å²) in [5.41, 5.74) is 1.28. The highest BCUT2D eigenvalue weighted by atomic mass is 16.5. The molecule has 2 saturated heterocycles. The number of hydrogen-bond donors (Lipinski definition) is 1. The number of morpholine rings is 1. The molecule has 0 bridgehead atoms. The van der Waals surface area contributed by atoms with E-state index in [1.807, 2.05) is 31.7 Å². The summed E-state index contributed by atoms with van der Waals surface area (Å²) in [7, 11) is 3.58. The molecule has 3 atom stereocenters. The summed E-state index contributed by atoms with van der Waals surface area (Å²) in [5.74, 6) is 2.46. The molecule has 2 aliphatic rings. The van der Waals surface area contributed by atoms with Crippen molar-refractivity contribution in [1.82, 2.24) is 24.7 Å². The van der Waals surface area contributed by atoms with E-state index in [1.54, 1.807) is 7.11 Å². The molecule has 3 heterocycles. The van der Waals surface area contributed by atoms with Crippen molar-refractivity contribution in [2.45, 2.75) is 25.4 Å². The van der Waals surface area contributed by atoms with Crippen LogP contribution in [0, 0.1) is 5.92 Å². The Morgan fingerprint density at radius 2 is 2.03 bits per heavy atom. The lowest BCUT2D eigenvalue weighted by Gasteiger charge is -2.40. The Hall–Kier alpha value is -2.58. The summed E-state index contributed by atoms with van der Waals surface area (Å²) >= 11 is 0. The van der Waals surface area contributed by atoms with Gasteiger partial charge in [0, 0.05) is 52.2 Å². The van der Waals surface area contributed by atoms with Crippen LogP contribution in [0.15, 0.2) is 48.0 Å². The van der Waals surface area contributed by atoms with Gasteiger partial charge in [-0.15, -0.1) is 0 Å². The number of imidazole rings is 1. The number of piperidine rings is 1. The molecule has 1 N–H and O–H groups in total. The summed E-state index contributed by atoms with van der Waals surface area (Å²) in [4.78, 5) is 13.8. The van der Waals surface area contributed by atoms with Gasteiger partial charge in [0.15, 0.2) is 5.96 Å². The first-order valence-corrected chi connectivity index (χ1v) is 11.6. The monoisotopic (exact) mass is 440 g/mol. The molecule has 0 saturated carbocycles. The average molecular weight is 441 g/mol. The van der Waals surface area contributed by atoms with Gasteiger partial charge in [0.1, 0.15) is 5.75 Å². The summed E-state index contributed by atoms with van der Waals surface area (Å²) < 4.78 is 13.2. The molecule has 1 aromatic carbocycles. The zero-order valence-electron chi connectivity index (χ0n) is 19.5. The van der Waals surface area contributed by atoms with Crippen LogP contribution < -0.4 is 10.1 Å². The molecule has 0 amide bonds. The van der Waals surface area contributed by atoms with E-state index in [2.05, 4.69) is 54.9 Å². The van der Waals surface area contributed by atoms with Crippen LogP contribution in [0.3, 0.4) is 0 Å². The van der Waals surface area contributed by atoms with Gasteiger partial charge in [-0.3, -0.25) is 9.89 Å². The lowest BCUT2D eigenvalue weighted by Crippen LogP contribution is -2.51. The molecule has 2 aliphatic heterocycles. The van der Waals surface area contributed by atoms with Gasteiger partial charge in [-0.25, -0.2) is 4.98 Å². The molecule has 3 unspecified atom stereocenters. The SMILES string of the molecule is CN=C(NCC(c1ccc(OC)cc1)N1CCOCC1)N1CCC(C)C(n2ccnc2)C1. The predicted molar refractivity (Wildman–Crippen MR) is 126 cm³/mol. The van der Waals surface area contributed by atoms with Crippen molar-refractivity contribution < 1.29 is 9.47 Å². The molecule has 0 aliphatic carbocycles. The van der Waals surface area contributed by atoms with Crippen LogP contribution in [-0.4, -0.2) is 85.4 Å². The van der Waals surface area contributed by atoms with Crippen molar-refractivity contribution in [2.75, 3.05) is 60.1 Å². The number of likely N-dealkylation sites (tertiary alicyclic amines) is 1. The van der Waals surface area contributed by atoms with Gasteiger partial charge in [0.25, 0.3) is 0 Å². The molecule has 4 rings (SSSR count). The summed E-state index contributed by atoms with van der Waals surface area (Å²) in [5, 5.41) is 3.68. The first kappa shape index (κ1) is 22.6. The van der Waals surface area contributed by atoms with Gasteiger partial charge in [-0.1, -0.05) is 19.1 Å². The fraction of sp³-hybridized carbons (Fsp3) is 0.583. The molecule has 1 aromatic heterocycles. The van der Waals surface area contributed by atoms with Gasteiger partial charge in [0.05, 0.1) is 38.7 Å². The Morgan fingerprint density at radius 3 is 2.69 bits per heavy atom. The second kappa shape index (κ2) is 10.8. The van der Waals surface area contributed by atoms with Crippen molar-refractivity contribution in [3.8, 4) is 5.75 Å². The molecule has 2 aromatic rings. The van der Waals surface area contributed by atoms with E-state index in [0.29, 0.717) is 12.0 Å². The van der Waals surface area contributed by atoms with E-state index in [0.717, 1.165) is 64.1 Å². The Kier molecular flexibility index (Phi) is 7.65. The van der Waals surface area contributed by atoms with E-state index in [9.17, 15) is 0 Å². The maximum Gasteiger partial charge on any atom is 0.193 e. The second-order valence-electron chi connectivity index (χ2n) is 8.65. The molecule has 2 fully saturated rings. The molecule has 8 heteroatoms. The number of hydrogen-bond acceptors (Lipinski definition) is 5. The number of rotatable bonds is 6. The zero-order valence-corrected chi connectivity index (χ0v) is 19.5. The first-order chi connectivity index (χ1) is 15.7. The number of benzene rings is 1. The maximum atomic E-state index is 5.60. The van der Waals surface area contributed by atoms with Crippen LogP contribution in [0.25, 0.3) is 0 Å². The summed E-state index contributed by atoms with van der Waals surface area (Å²) in [6.45, 7) is 8.48. The Morgan fingerprint density at radius 1 is 1.25 bits per heavy atom. The molecule has 8 nitrogen and oxygen atoms in total. The summed E-state index contributed by atoms with van der Waals surface area (Å²) in [6.07, 6.45) is 6.99. The largest absolute Gasteiger partial charge is 0.497 e. The standard InChI is InChI=1S/C24H36N6O2/c1-19-8-10-29(17-23(19)30-11-9-26-18-30)24(25-2)27-16-22(28-12-14-32-15-13-28)20-4-6-21(31-3)7-5-20/h4-7,9,11,18-19,22-23H,8,10,12-17H2,1-3H3,(H,25,27). The summed E-state index contributed by atoms with van der Waals surface area (Å²) in [6, 6.07) is 9.07. The van der Waals surface area contributed by atoms with Crippen molar-refractivity contribution >= 4 is 5.96 Å². The van der Waals surface area contributed by atoms with Crippen molar-refractivity contribution in [3.63, 3.8) is 0 Å². The number of nitrogens with one attached hydrogen (secondary N) is 1. The minimum absolute atomic E-state index is 0.245. The smallest absolute Gasteiger partial charge is 0.193 e. The van der Waals surface area contributed by atoms with E-state index in [1.165, 1.54) is 5.56 Å². The highest BCUT2D eigenvalue weighted by Gasteiger charge is 2.30. The van der Waals surface area contributed by atoms with Crippen LogP contribution in [0.2, 0.25) is 0 Å². The molecule has 0 spiro atoms. The first-order valence-electron chi connectivity index (χ1n) is 11.6. The highest BCUT2D eigenvalue weighted by Crippen LogP contribution is 2.28. The van der Waals surface area contributed by atoms with E-state index >= 15 is 0 Å². The third kappa shape index (κ3) is 5.24. The van der Waals surface area contributed by atoms with Crippen molar-refractivity contribution in [2.24, 2.45) is 10.9 Å². The number of aliphatic imine (C=N–C) groups is 1. The molecular weight excluding hydrogens is 404 g/mol. The van der Waals surface area contributed by atoms with Gasteiger partial charge >= 0.3 is 0 Å². The fourth-order valence-corrected chi connectivity index (χ4v) is 4.79. The van der Waals surface area contributed by atoms with Gasteiger partial charge in [-0.2, -0.15) is 0 Å². The lowest BCUT2D eigenvalue weighted by atomic mass is 9.93. The average Bonchev–Trinajstić information content (AvgIpc) is 3.38. The fourth-order valence-electron chi connectivity index (χ4n) is 4.79. The van der Waals surface area contributed by atoms with Gasteiger partial charge in [-0.05, 0) is 30.0 Å². The van der Waals surface area contributed by atoms with Gasteiger partial charge < -0.3 is 24.3 Å². The van der Waals surface area contributed by atoms with Crippen LogP contribution in [-0.2, 0) is 4.74 Å². The normalized spacial score (nSPS) is 23.7. The van der Waals surface area contributed by atoms with Crippen LogP contribution in [0.5, 0.6) is 5.75 Å². The molecule has 174 valence electrons. The lowest BCUT2D eigenvalue weighted by molar-refractivity contribution is 0.0168. The quantitative estimate of drug-likeness (QED) is 0.550. The minimum Gasteiger partial charge on any atom is -0.497 e. The Labute approximate surface area is 191 Å². The minimum atomic E-state index is 0.245. The van der Waals surface area contributed by atoms with Crippen LogP contribution >= 0.6 is 0 Å². The second-order valence-corrected chi connectivity index (χ2v) is 8.65. The zero-order chi connectivity index (χ0) is 22.3. The third-order valence-electron chi connectivity index (χ3n) is 6.78. The van der Waals surface area contributed by atoms with Crippen molar-refractivity contribution in [1.29, 1.82) is 0 Å². The molecule has 32 heavy (non-hydrogen) atoms. The van der Waals surface area contributed by atoms with Crippen LogP contribution in [0.4, 0.5) is 0 Å². The maximum absolute atomic E-state index is 5.60. The third-order valence-corrected chi connectivity index (χ3v) is 6.78. The molecular formula is C24H36N6O2. The highest BCUT2D eigenvalue weighted by molar-refractivity contribution is 5.80. The number of nitrogens with zero attached hydrogens (tertiary/aromatic N) is 5. The molecule has 0 radical (unpaired) electrons. The van der Waals surface area contributed by atoms with Gasteiger partial charge in [0.2, 0.25) is 0 Å². The Balaban J connectivity index is 1.45. The number of aromatic nitrogens is 2. The van der Waals surface area contributed by atoms with E-state index in [-0.39, 0.29) is 6.04 Å².